The quantitative estimate of drug-likeness (QED) is 0.496. The largest absolute Gasteiger partial charge is 0.433 e. The Morgan fingerprint density at radius 2 is 1.89 bits per heavy atom. The number of halogens is 4. The Balaban J connectivity index is 1.78. The average molecular weight is 528 g/mol. The predicted octanol–water partition coefficient (Wildman–Crippen LogP) is 5.18. The topological polar surface area (TPSA) is 74.8 Å². The van der Waals surface area contributed by atoms with Gasteiger partial charge in [0.15, 0.2) is 0 Å². The van der Waals surface area contributed by atoms with Crippen LogP contribution >= 0.6 is 11.6 Å². The molecule has 0 aliphatic carbocycles. The molecule has 3 heterocycles. The molecular weight excluding hydrogens is 491 g/mol. The first kappa shape index (κ1) is 28.4. The third-order valence-electron chi connectivity index (χ3n) is 7.04. The molecule has 0 aromatic carbocycles. The number of pyridine rings is 1. The molecular formula is C26H37ClF3N5O. The molecule has 0 radical (unpaired) electrons. The zero-order valence-electron chi connectivity index (χ0n) is 21.6. The van der Waals surface area contributed by atoms with Crippen LogP contribution in [0.1, 0.15) is 64.8 Å². The summed E-state index contributed by atoms with van der Waals surface area (Å²) in [7, 11) is 0. The fraction of sp³-hybridized carbons (Fsp3) is 0.654. The Morgan fingerprint density at radius 1 is 1.22 bits per heavy atom. The van der Waals surface area contributed by atoms with Crippen molar-refractivity contribution >= 4 is 28.4 Å². The zero-order chi connectivity index (χ0) is 26.7. The number of hydrogen-bond donors (Lipinski definition) is 1. The number of nitrogens with zero attached hydrogens (tertiary/aromatic N) is 4. The summed E-state index contributed by atoms with van der Waals surface area (Å²) in [5.41, 5.74) is 5.71. The van der Waals surface area contributed by atoms with Crippen molar-refractivity contribution in [2.24, 2.45) is 21.6 Å². The second-order valence-corrected chi connectivity index (χ2v) is 11.5. The van der Waals surface area contributed by atoms with Gasteiger partial charge in [-0.05, 0) is 68.8 Å². The third-order valence-corrected chi connectivity index (χ3v) is 7.38. The fourth-order valence-electron chi connectivity index (χ4n) is 4.79. The van der Waals surface area contributed by atoms with E-state index in [1.807, 2.05) is 0 Å². The highest BCUT2D eigenvalue weighted by Crippen LogP contribution is 2.41. The van der Waals surface area contributed by atoms with Crippen molar-refractivity contribution in [3.63, 3.8) is 0 Å². The normalized spacial score (nSPS) is 20.3. The van der Waals surface area contributed by atoms with Crippen molar-refractivity contribution < 1.29 is 18.0 Å². The van der Waals surface area contributed by atoms with Gasteiger partial charge in [-0.3, -0.25) is 9.79 Å². The van der Waals surface area contributed by atoms with Crippen LogP contribution in [0.3, 0.4) is 0 Å². The van der Waals surface area contributed by atoms with Gasteiger partial charge in [0.1, 0.15) is 10.9 Å². The van der Waals surface area contributed by atoms with Crippen LogP contribution in [0.2, 0.25) is 0 Å². The number of likely N-dealkylation sites (tertiary alicyclic amines) is 2. The molecule has 0 unspecified atom stereocenters. The summed E-state index contributed by atoms with van der Waals surface area (Å²) in [6, 6.07) is 3.55. The average Bonchev–Trinajstić information content (AvgIpc) is 3.10. The van der Waals surface area contributed by atoms with Gasteiger partial charge in [-0.2, -0.15) is 13.2 Å². The first-order valence-electron chi connectivity index (χ1n) is 12.5. The number of nitrogens with two attached hydrogens (primary N) is 1. The molecule has 1 amide bonds. The number of alkyl halides is 3. The summed E-state index contributed by atoms with van der Waals surface area (Å²) in [5, 5.41) is 0.0833. The Morgan fingerprint density at radius 3 is 2.47 bits per heavy atom. The van der Waals surface area contributed by atoms with Crippen LogP contribution in [-0.2, 0) is 11.0 Å². The Bertz CT molecular complexity index is 1010. The summed E-state index contributed by atoms with van der Waals surface area (Å²) >= 11 is 6.43. The van der Waals surface area contributed by atoms with E-state index >= 15 is 0 Å². The maximum absolute atomic E-state index is 13.2. The van der Waals surface area contributed by atoms with E-state index in [1.165, 1.54) is 12.1 Å². The van der Waals surface area contributed by atoms with Crippen LogP contribution in [0.15, 0.2) is 28.8 Å². The number of aromatic nitrogens is 1. The molecule has 0 saturated carbocycles. The zero-order valence-corrected chi connectivity index (χ0v) is 22.3. The highest BCUT2D eigenvalue weighted by atomic mass is 35.5. The number of aliphatic imine (C=N–C) groups is 1. The molecule has 1 aromatic heterocycles. The van der Waals surface area contributed by atoms with E-state index in [0.717, 1.165) is 45.0 Å². The number of piperidine rings is 1. The van der Waals surface area contributed by atoms with Crippen LogP contribution in [-0.4, -0.2) is 65.1 Å². The van der Waals surface area contributed by atoms with Gasteiger partial charge >= 0.3 is 6.18 Å². The molecule has 0 bridgehead atoms. The molecule has 0 atom stereocenters. The fourth-order valence-corrected chi connectivity index (χ4v) is 5.07. The first-order chi connectivity index (χ1) is 16.7. The predicted molar refractivity (Wildman–Crippen MR) is 138 cm³/mol. The van der Waals surface area contributed by atoms with E-state index in [2.05, 4.69) is 35.6 Å². The SMILES string of the molecule is CCN=C(Cl)/C(CN1CC2(CCN(CCC(C)(C)C)CC2)CC1=O)=C(\N)c1cccc(C(F)(F)F)n1. The third kappa shape index (κ3) is 7.22. The van der Waals surface area contributed by atoms with E-state index in [1.54, 1.807) is 11.8 Å². The van der Waals surface area contributed by atoms with Gasteiger partial charge in [-0.15, -0.1) is 0 Å². The molecule has 3 rings (SSSR count). The van der Waals surface area contributed by atoms with Gasteiger partial charge in [0.2, 0.25) is 5.91 Å². The van der Waals surface area contributed by atoms with Gasteiger partial charge in [0.05, 0.1) is 17.9 Å². The van der Waals surface area contributed by atoms with Crippen molar-refractivity contribution in [2.75, 3.05) is 39.3 Å². The van der Waals surface area contributed by atoms with Crippen molar-refractivity contribution in [3.8, 4) is 0 Å². The molecule has 2 saturated heterocycles. The number of carbonyl (C=O) groups is 1. The second kappa shape index (κ2) is 11.1. The van der Waals surface area contributed by atoms with E-state index in [-0.39, 0.29) is 39.8 Å². The van der Waals surface area contributed by atoms with E-state index in [4.69, 9.17) is 17.3 Å². The molecule has 1 spiro atoms. The molecule has 6 nitrogen and oxygen atoms in total. The van der Waals surface area contributed by atoms with Crippen LogP contribution in [0.5, 0.6) is 0 Å². The maximum Gasteiger partial charge on any atom is 0.433 e. The van der Waals surface area contributed by atoms with Gasteiger partial charge in [0.25, 0.3) is 0 Å². The Kier molecular flexibility index (Phi) is 8.76. The van der Waals surface area contributed by atoms with E-state index in [0.29, 0.717) is 25.1 Å². The monoisotopic (exact) mass is 527 g/mol. The molecule has 200 valence electrons. The van der Waals surface area contributed by atoms with E-state index < -0.39 is 11.9 Å². The van der Waals surface area contributed by atoms with Crippen LogP contribution in [0.4, 0.5) is 13.2 Å². The minimum Gasteiger partial charge on any atom is -0.397 e. The lowest BCUT2D eigenvalue weighted by molar-refractivity contribution is -0.141. The highest BCUT2D eigenvalue weighted by molar-refractivity contribution is 6.70. The Hall–Kier alpha value is -2.13. The smallest absolute Gasteiger partial charge is 0.397 e. The summed E-state index contributed by atoms with van der Waals surface area (Å²) < 4.78 is 39.6. The van der Waals surface area contributed by atoms with Gasteiger partial charge in [0, 0.05) is 25.1 Å². The number of carbonyl (C=O) groups excluding carboxylic acids is 1. The standard InChI is InChI=1S/C26H37ClF3N5O/c1-5-32-23(27)18(22(31)19-7-6-8-20(33-19)26(28,29)30)16-35-17-25(15-21(35)36)10-13-34(14-11-25)12-9-24(2,3)4/h6-8H,5,9-17,31H2,1-4H3/b22-18-,32-23?. The highest BCUT2D eigenvalue weighted by Gasteiger charge is 2.45. The summed E-state index contributed by atoms with van der Waals surface area (Å²) in [5.74, 6) is 0.00130. The summed E-state index contributed by atoms with van der Waals surface area (Å²) in [6.45, 7) is 12.5. The molecule has 36 heavy (non-hydrogen) atoms. The number of rotatable bonds is 7. The molecule has 2 N–H and O–H groups in total. The van der Waals surface area contributed by atoms with E-state index in [9.17, 15) is 18.0 Å². The molecule has 2 fully saturated rings. The number of amides is 1. The van der Waals surface area contributed by atoms with Crippen LogP contribution < -0.4 is 5.73 Å². The van der Waals surface area contributed by atoms with Gasteiger partial charge < -0.3 is 15.5 Å². The van der Waals surface area contributed by atoms with Crippen molar-refractivity contribution in [1.82, 2.24) is 14.8 Å². The number of hydrogen-bond acceptors (Lipinski definition) is 5. The minimum absolute atomic E-state index is 0.00130. The molecule has 2 aliphatic heterocycles. The van der Waals surface area contributed by atoms with Crippen molar-refractivity contribution in [2.45, 2.75) is 59.6 Å². The van der Waals surface area contributed by atoms with Gasteiger partial charge in [-0.25, -0.2) is 4.98 Å². The van der Waals surface area contributed by atoms with Crippen molar-refractivity contribution in [3.05, 3.63) is 35.2 Å². The minimum atomic E-state index is -4.60. The lowest BCUT2D eigenvalue weighted by atomic mass is 9.77. The first-order valence-corrected chi connectivity index (χ1v) is 12.8. The van der Waals surface area contributed by atoms with Crippen molar-refractivity contribution in [1.29, 1.82) is 0 Å². The lowest BCUT2D eigenvalue weighted by Crippen LogP contribution is -2.42. The molecule has 2 aliphatic rings. The molecule has 1 aromatic rings. The lowest BCUT2D eigenvalue weighted by Gasteiger charge is -2.39. The summed E-state index contributed by atoms with van der Waals surface area (Å²) in [4.78, 5) is 25.1. The Labute approximate surface area is 216 Å². The van der Waals surface area contributed by atoms with Gasteiger partial charge in [-0.1, -0.05) is 38.4 Å². The molecule has 10 heteroatoms. The maximum atomic E-state index is 13.2. The van der Waals surface area contributed by atoms with Crippen LogP contribution in [0, 0.1) is 10.8 Å². The summed E-state index contributed by atoms with van der Waals surface area (Å²) in [6.07, 6.45) is -1.16. The second-order valence-electron chi connectivity index (χ2n) is 11.1. The van der Waals surface area contributed by atoms with Crippen LogP contribution in [0.25, 0.3) is 5.70 Å².